The summed E-state index contributed by atoms with van der Waals surface area (Å²) in [5, 5.41) is 3.45. The molecular formula is C17H27NO. The van der Waals surface area contributed by atoms with Crippen LogP contribution >= 0.6 is 0 Å². The predicted octanol–water partition coefficient (Wildman–Crippen LogP) is 4.10. The quantitative estimate of drug-likeness (QED) is 0.884. The van der Waals surface area contributed by atoms with E-state index in [0.717, 1.165) is 18.6 Å². The van der Waals surface area contributed by atoms with Crippen molar-refractivity contribution < 1.29 is 4.74 Å². The molecule has 1 aromatic rings. The highest BCUT2D eigenvalue weighted by Crippen LogP contribution is 2.37. The van der Waals surface area contributed by atoms with Crippen LogP contribution in [0, 0.1) is 5.41 Å². The molecule has 0 saturated heterocycles. The molecule has 0 radical (unpaired) electrons. The molecule has 1 aliphatic rings. The number of nitrogens with one attached hydrogen (secondary N) is 1. The molecule has 0 aromatic heterocycles. The van der Waals surface area contributed by atoms with Crippen molar-refractivity contribution in [3.63, 3.8) is 0 Å². The molecule has 0 bridgehead atoms. The lowest BCUT2D eigenvalue weighted by Crippen LogP contribution is -2.24. The van der Waals surface area contributed by atoms with E-state index in [1.165, 1.54) is 11.1 Å². The summed E-state index contributed by atoms with van der Waals surface area (Å²) in [6, 6.07) is 7.06. The van der Waals surface area contributed by atoms with Crippen LogP contribution in [0.5, 0.6) is 5.75 Å². The molecule has 1 heterocycles. The Labute approximate surface area is 117 Å². The molecule has 0 amide bonds. The van der Waals surface area contributed by atoms with Gasteiger partial charge in [-0.1, -0.05) is 32.9 Å². The van der Waals surface area contributed by atoms with Gasteiger partial charge in [-0.05, 0) is 49.9 Å². The minimum atomic E-state index is -0.0554. The summed E-state index contributed by atoms with van der Waals surface area (Å²) in [6.07, 6.45) is 2.13. The molecule has 2 heteroatoms. The van der Waals surface area contributed by atoms with E-state index in [1.807, 2.05) is 7.05 Å². The lowest BCUT2D eigenvalue weighted by atomic mass is 9.85. The van der Waals surface area contributed by atoms with Gasteiger partial charge in [0.1, 0.15) is 11.4 Å². The van der Waals surface area contributed by atoms with Gasteiger partial charge in [0.05, 0.1) is 0 Å². The molecular weight excluding hydrogens is 234 g/mol. The summed E-state index contributed by atoms with van der Waals surface area (Å²) in [7, 11) is 2.05. The zero-order chi connectivity index (χ0) is 14.3. The molecule has 0 spiro atoms. The van der Waals surface area contributed by atoms with E-state index >= 15 is 0 Å². The van der Waals surface area contributed by atoms with Gasteiger partial charge < -0.3 is 10.1 Å². The third kappa shape index (κ3) is 3.50. The smallest absolute Gasteiger partial charge is 0.123 e. The van der Waals surface area contributed by atoms with Gasteiger partial charge in [-0.3, -0.25) is 0 Å². The summed E-state index contributed by atoms with van der Waals surface area (Å²) in [5.74, 6) is 1.05. The summed E-state index contributed by atoms with van der Waals surface area (Å²) >= 11 is 0. The van der Waals surface area contributed by atoms with Crippen LogP contribution in [0.15, 0.2) is 18.2 Å². The molecule has 1 N–H and O–H groups in total. The second kappa shape index (κ2) is 4.82. The highest BCUT2D eigenvalue weighted by atomic mass is 16.5. The van der Waals surface area contributed by atoms with Gasteiger partial charge in [-0.15, -0.1) is 0 Å². The first-order chi connectivity index (χ1) is 8.70. The van der Waals surface area contributed by atoms with E-state index in [-0.39, 0.29) is 5.60 Å². The van der Waals surface area contributed by atoms with E-state index in [2.05, 4.69) is 58.1 Å². The number of hydrogen-bond acceptors (Lipinski definition) is 2. The Morgan fingerprint density at radius 3 is 2.58 bits per heavy atom. The largest absolute Gasteiger partial charge is 0.487 e. The lowest BCUT2D eigenvalue weighted by Gasteiger charge is -2.26. The zero-order valence-corrected chi connectivity index (χ0v) is 13.1. The Morgan fingerprint density at radius 2 is 2.00 bits per heavy atom. The van der Waals surface area contributed by atoms with Gasteiger partial charge in [0.2, 0.25) is 0 Å². The first kappa shape index (κ1) is 14.4. The van der Waals surface area contributed by atoms with Crippen molar-refractivity contribution in [2.75, 3.05) is 7.05 Å². The molecule has 0 saturated carbocycles. The molecule has 106 valence electrons. The average Bonchev–Trinajstić information content (AvgIpc) is 2.57. The standard InChI is InChI=1S/C17H27NO/c1-16(2,3)11-14(18-6)12-7-8-15-13(9-12)10-17(4,5)19-15/h7-9,14,18H,10-11H2,1-6H3. The van der Waals surface area contributed by atoms with Gasteiger partial charge in [0, 0.05) is 12.5 Å². The number of rotatable bonds is 3. The van der Waals surface area contributed by atoms with Crippen LogP contribution in [-0.4, -0.2) is 12.6 Å². The van der Waals surface area contributed by atoms with Crippen molar-refractivity contribution in [1.29, 1.82) is 0 Å². The average molecular weight is 261 g/mol. The van der Waals surface area contributed by atoms with Crippen LogP contribution in [0.25, 0.3) is 0 Å². The molecule has 19 heavy (non-hydrogen) atoms. The van der Waals surface area contributed by atoms with Crippen LogP contribution in [0.3, 0.4) is 0 Å². The zero-order valence-electron chi connectivity index (χ0n) is 13.1. The Bertz CT molecular complexity index is 457. The summed E-state index contributed by atoms with van der Waals surface area (Å²) in [6.45, 7) is 11.2. The Balaban J connectivity index is 2.23. The van der Waals surface area contributed by atoms with E-state index in [9.17, 15) is 0 Å². The van der Waals surface area contributed by atoms with Crippen LogP contribution in [0.4, 0.5) is 0 Å². The third-order valence-electron chi connectivity index (χ3n) is 3.65. The molecule has 2 rings (SSSR count). The maximum absolute atomic E-state index is 5.94. The molecule has 0 aliphatic carbocycles. The SMILES string of the molecule is CNC(CC(C)(C)C)c1ccc2c(c1)CC(C)(C)O2. The maximum Gasteiger partial charge on any atom is 0.123 e. The highest BCUT2D eigenvalue weighted by Gasteiger charge is 2.30. The molecule has 2 nitrogen and oxygen atoms in total. The first-order valence-electron chi connectivity index (χ1n) is 7.19. The van der Waals surface area contributed by atoms with E-state index < -0.39 is 0 Å². The van der Waals surface area contributed by atoms with Gasteiger partial charge in [0.15, 0.2) is 0 Å². The van der Waals surface area contributed by atoms with Crippen LogP contribution in [0.2, 0.25) is 0 Å². The summed E-state index contributed by atoms with van der Waals surface area (Å²) < 4.78 is 5.94. The van der Waals surface area contributed by atoms with Crippen LogP contribution in [0.1, 0.15) is 58.2 Å². The van der Waals surface area contributed by atoms with E-state index in [0.29, 0.717) is 11.5 Å². The Hall–Kier alpha value is -1.02. The number of benzene rings is 1. The van der Waals surface area contributed by atoms with Gasteiger partial charge in [0.25, 0.3) is 0 Å². The fraction of sp³-hybridized carbons (Fsp3) is 0.647. The summed E-state index contributed by atoms with van der Waals surface area (Å²) in [5.41, 5.74) is 2.98. The van der Waals surface area contributed by atoms with Crippen molar-refractivity contribution >= 4 is 0 Å². The lowest BCUT2D eigenvalue weighted by molar-refractivity contribution is 0.138. The van der Waals surface area contributed by atoms with E-state index in [1.54, 1.807) is 0 Å². The molecule has 1 aliphatic heterocycles. The van der Waals surface area contributed by atoms with Gasteiger partial charge in [-0.2, -0.15) is 0 Å². The predicted molar refractivity (Wildman–Crippen MR) is 80.7 cm³/mol. The van der Waals surface area contributed by atoms with E-state index in [4.69, 9.17) is 4.74 Å². The maximum atomic E-state index is 5.94. The minimum Gasteiger partial charge on any atom is -0.487 e. The van der Waals surface area contributed by atoms with Crippen LogP contribution in [-0.2, 0) is 6.42 Å². The Kier molecular flexibility index (Phi) is 3.65. The van der Waals surface area contributed by atoms with Crippen molar-refractivity contribution in [3.8, 4) is 5.75 Å². The summed E-state index contributed by atoms with van der Waals surface area (Å²) in [4.78, 5) is 0. The van der Waals surface area contributed by atoms with Crippen LogP contribution < -0.4 is 10.1 Å². The van der Waals surface area contributed by atoms with Gasteiger partial charge in [-0.25, -0.2) is 0 Å². The topological polar surface area (TPSA) is 21.3 Å². The van der Waals surface area contributed by atoms with Crippen molar-refractivity contribution in [1.82, 2.24) is 5.32 Å². The van der Waals surface area contributed by atoms with Crippen molar-refractivity contribution in [2.45, 2.75) is 59.1 Å². The highest BCUT2D eigenvalue weighted by molar-refractivity contribution is 5.42. The molecule has 1 aromatic carbocycles. The second-order valence-electron chi connectivity index (χ2n) is 7.51. The second-order valence-corrected chi connectivity index (χ2v) is 7.51. The first-order valence-corrected chi connectivity index (χ1v) is 7.19. The number of hydrogen-bond donors (Lipinski definition) is 1. The fourth-order valence-electron chi connectivity index (χ4n) is 2.85. The third-order valence-corrected chi connectivity index (χ3v) is 3.65. The molecule has 1 unspecified atom stereocenters. The Morgan fingerprint density at radius 1 is 1.32 bits per heavy atom. The minimum absolute atomic E-state index is 0.0554. The van der Waals surface area contributed by atoms with Crippen molar-refractivity contribution in [3.05, 3.63) is 29.3 Å². The fourth-order valence-corrected chi connectivity index (χ4v) is 2.85. The molecule has 1 atom stereocenters. The van der Waals surface area contributed by atoms with Crippen molar-refractivity contribution in [2.24, 2.45) is 5.41 Å². The number of ether oxygens (including phenoxy) is 1. The normalized spacial score (nSPS) is 18.8. The monoisotopic (exact) mass is 261 g/mol. The van der Waals surface area contributed by atoms with Gasteiger partial charge >= 0.3 is 0 Å². The number of fused-ring (bicyclic) bond motifs is 1. The molecule has 0 fully saturated rings.